The van der Waals surface area contributed by atoms with E-state index in [-0.39, 0.29) is 18.4 Å². The van der Waals surface area contributed by atoms with Gasteiger partial charge in [0.1, 0.15) is 0 Å². The van der Waals surface area contributed by atoms with Crippen molar-refractivity contribution in [1.29, 1.82) is 0 Å². The molecule has 1 amide bonds. The third-order valence-electron chi connectivity index (χ3n) is 2.47. The molecule has 0 spiro atoms. The minimum atomic E-state index is -0.853. The molecule has 0 saturated carbocycles. The zero-order valence-corrected chi connectivity index (χ0v) is 8.62. The van der Waals surface area contributed by atoms with Crippen LogP contribution in [-0.2, 0) is 9.59 Å². The molecule has 1 fully saturated rings. The van der Waals surface area contributed by atoms with Crippen molar-refractivity contribution in [2.75, 3.05) is 0 Å². The Morgan fingerprint density at radius 1 is 1.64 bits per heavy atom. The van der Waals surface area contributed by atoms with Gasteiger partial charge in [-0.15, -0.1) is 0 Å². The molecule has 0 aromatic rings. The summed E-state index contributed by atoms with van der Waals surface area (Å²) in [6.45, 7) is 4.13. The Hall–Kier alpha value is -1.06. The number of aliphatic carboxylic acids is 1. The van der Waals surface area contributed by atoms with E-state index in [1.165, 1.54) is 0 Å². The van der Waals surface area contributed by atoms with E-state index in [0.29, 0.717) is 12.3 Å². The first-order valence-corrected chi connectivity index (χ1v) is 5.01. The fraction of sp³-hybridized carbons (Fsp3) is 0.800. The van der Waals surface area contributed by atoms with Gasteiger partial charge in [0, 0.05) is 12.5 Å². The molecule has 0 aromatic carbocycles. The summed E-state index contributed by atoms with van der Waals surface area (Å²) in [7, 11) is 0. The number of piperidine rings is 1. The third kappa shape index (κ3) is 3.01. The summed E-state index contributed by atoms with van der Waals surface area (Å²) in [5.41, 5.74) is 0. The molecule has 0 aromatic heterocycles. The molecule has 4 heteroatoms. The molecule has 1 rings (SSSR count). The fourth-order valence-electron chi connectivity index (χ4n) is 1.91. The molecule has 2 atom stereocenters. The summed E-state index contributed by atoms with van der Waals surface area (Å²) in [5.74, 6) is -0.997. The summed E-state index contributed by atoms with van der Waals surface area (Å²) < 4.78 is 0. The molecule has 1 aliphatic rings. The Bertz CT molecular complexity index is 238. The SMILES string of the molecule is CC(C)C[C@@H]1C[C@H](C(=O)O)CC(=O)N1. The fourth-order valence-corrected chi connectivity index (χ4v) is 1.91. The standard InChI is InChI=1S/C10H17NO3/c1-6(2)3-8-4-7(10(13)14)5-9(12)11-8/h6-8H,3-5H2,1-2H3,(H,11,12)(H,13,14)/t7-,8+/m0/s1. The van der Waals surface area contributed by atoms with Crippen LogP contribution in [0.15, 0.2) is 0 Å². The Morgan fingerprint density at radius 3 is 2.79 bits per heavy atom. The molecule has 0 bridgehead atoms. The number of amides is 1. The lowest BCUT2D eigenvalue weighted by Crippen LogP contribution is -2.44. The first kappa shape index (κ1) is 11.0. The average molecular weight is 199 g/mol. The second kappa shape index (κ2) is 4.44. The maximum Gasteiger partial charge on any atom is 0.307 e. The van der Waals surface area contributed by atoms with Gasteiger partial charge >= 0.3 is 5.97 Å². The molecule has 0 unspecified atom stereocenters. The first-order chi connectivity index (χ1) is 6.49. The van der Waals surface area contributed by atoms with Crippen LogP contribution >= 0.6 is 0 Å². The van der Waals surface area contributed by atoms with Crippen molar-refractivity contribution in [3.63, 3.8) is 0 Å². The van der Waals surface area contributed by atoms with Gasteiger partial charge in [0.25, 0.3) is 0 Å². The van der Waals surface area contributed by atoms with Crippen molar-refractivity contribution in [1.82, 2.24) is 5.32 Å². The van der Waals surface area contributed by atoms with Crippen LogP contribution in [0.4, 0.5) is 0 Å². The van der Waals surface area contributed by atoms with Crippen molar-refractivity contribution < 1.29 is 14.7 Å². The molecule has 4 nitrogen and oxygen atoms in total. The van der Waals surface area contributed by atoms with E-state index in [9.17, 15) is 9.59 Å². The molecule has 0 radical (unpaired) electrons. The largest absolute Gasteiger partial charge is 0.481 e. The highest BCUT2D eigenvalue weighted by Gasteiger charge is 2.31. The maximum atomic E-state index is 11.2. The summed E-state index contributed by atoms with van der Waals surface area (Å²) in [4.78, 5) is 21.9. The van der Waals surface area contributed by atoms with E-state index in [0.717, 1.165) is 6.42 Å². The number of hydrogen-bond donors (Lipinski definition) is 2. The van der Waals surface area contributed by atoms with E-state index in [1.54, 1.807) is 0 Å². The summed E-state index contributed by atoms with van der Waals surface area (Å²) >= 11 is 0. The molecule has 2 N–H and O–H groups in total. The highest BCUT2D eigenvalue weighted by Crippen LogP contribution is 2.21. The van der Waals surface area contributed by atoms with E-state index in [2.05, 4.69) is 19.2 Å². The van der Waals surface area contributed by atoms with Gasteiger partial charge in [-0.3, -0.25) is 9.59 Å². The molecular formula is C10H17NO3. The maximum absolute atomic E-state index is 11.2. The molecule has 80 valence electrons. The quantitative estimate of drug-likeness (QED) is 0.713. The lowest BCUT2D eigenvalue weighted by molar-refractivity contribution is -0.146. The van der Waals surface area contributed by atoms with E-state index in [4.69, 9.17) is 5.11 Å². The van der Waals surface area contributed by atoms with Gasteiger partial charge in [-0.05, 0) is 18.8 Å². The molecule has 14 heavy (non-hydrogen) atoms. The summed E-state index contributed by atoms with van der Waals surface area (Å²) in [6.07, 6.45) is 1.55. The Balaban J connectivity index is 2.54. The Labute approximate surface area is 83.7 Å². The van der Waals surface area contributed by atoms with Gasteiger partial charge in [-0.25, -0.2) is 0 Å². The number of hydrogen-bond acceptors (Lipinski definition) is 2. The Morgan fingerprint density at radius 2 is 2.29 bits per heavy atom. The van der Waals surface area contributed by atoms with Crippen LogP contribution in [-0.4, -0.2) is 23.0 Å². The van der Waals surface area contributed by atoms with Gasteiger partial charge in [0.15, 0.2) is 0 Å². The predicted octanol–water partition coefficient (Wildman–Crippen LogP) is 1.01. The monoisotopic (exact) mass is 199 g/mol. The summed E-state index contributed by atoms with van der Waals surface area (Å²) in [5, 5.41) is 11.7. The number of carbonyl (C=O) groups is 2. The van der Waals surface area contributed by atoms with E-state index in [1.807, 2.05) is 0 Å². The lowest BCUT2D eigenvalue weighted by Gasteiger charge is -2.28. The molecule has 1 aliphatic heterocycles. The van der Waals surface area contributed by atoms with Crippen molar-refractivity contribution in [3.8, 4) is 0 Å². The molecular weight excluding hydrogens is 182 g/mol. The van der Waals surface area contributed by atoms with Gasteiger partial charge < -0.3 is 10.4 Å². The molecule has 1 heterocycles. The smallest absolute Gasteiger partial charge is 0.307 e. The van der Waals surface area contributed by atoms with Gasteiger partial charge in [0.2, 0.25) is 5.91 Å². The van der Waals surface area contributed by atoms with Crippen molar-refractivity contribution in [3.05, 3.63) is 0 Å². The highest BCUT2D eigenvalue weighted by molar-refractivity contribution is 5.83. The Kier molecular flexibility index (Phi) is 3.49. The number of nitrogens with one attached hydrogen (secondary N) is 1. The zero-order chi connectivity index (χ0) is 10.7. The van der Waals surface area contributed by atoms with Crippen LogP contribution in [0.1, 0.15) is 33.1 Å². The van der Waals surface area contributed by atoms with Crippen LogP contribution in [0.25, 0.3) is 0 Å². The van der Waals surface area contributed by atoms with Gasteiger partial charge in [-0.1, -0.05) is 13.8 Å². The van der Waals surface area contributed by atoms with Crippen LogP contribution < -0.4 is 5.32 Å². The lowest BCUT2D eigenvalue weighted by atomic mass is 9.88. The van der Waals surface area contributed by atoms with E-state index >= 15 is 0 Å². The van der Waals surface area contributed by atoms with Gasteiger partial charge in [-0.2, -0.15) is 0 Å². The zero-order valence-electron chi connectivity index (χ0n) is 8.62. The highest BCUT2D eigenvalue weighted by atomic mass is 16.4. The number of rotatable bonds is 3. The minimum absolute atomic E-state index is 0.0392. The van der Waals surface area contributed by atoms with Crippen LogP contribution in [0, 0.1) is 11.8 Å². The van der Waals surface area contributed by atoms with Crippen LogP contribution in [0.2, 0.25) is 0 Å². The summed E-state index contributed by atoms with van der Waals surface area (Å²) in [6, 6.07) is 0.0392. The molecule has 1 saturated heterocycles. The second-order valence-electron chi connectivity index (χ2n) is 4.37. The molecule has 0 aliphatic carbocycles. The number of carbonyl (C=O) groups excluding carboxylic acids is 1. The topological polar surface area (TPSA) is 66.4 Å². The third-order valence-corrected chi connectivity index (χ3v) is 2.47. The van der Waals surface area contributed by atoms with Crippen LogP contribution in [0.3, 0.4) is 0 Å². The normalized spacial score (nSPS) is 27.5. The van der Waals surface area contributed by atoms with Crippen LogP contribution in [0.5, 0.6) is 0 Å². The van der Waals surface area contributed by atoms with E-state index < -0.39 is 11.9 Å². The number of carboxylic acid groups (broad SMARTS) is 1. The van der Waals surface area contributed by atoms with Gasteiger partial charge in [0.05, 0.1) is 5.92 Å². The van der Waals surface area contributed by atoms with Crippen molar-refractivity contribution >= 4 is 11.9 Å². The van der Waals surface area contributed by atoms with Crippen molar-refractivity contribution in [2.45, 2.75) is 39.2 Å². The number of carboxylic acids is 1. The predicted molar refractivity (Wildman–Crippen MR) is 51.7 cm³/mol. The van der Waals surface area contributed by atoms with Crippen molar-refractivity contribution in [2.24, 2.45) is 11.8 Å². The average Bonchev–Trinajstić information content (AvgIpc) is 2.01. The second-order valence-corrected chi connectivity index (χ2v) is 4.37. The first-order valence-electron chi connectivity index (χ1n) is 5.01. The minimum Gasteiger partial charge on any atom is -0.481 e.